The Balaban J connectivity index is 1.53. The minimum Gasteiger partial charge on any atom is -0.383 e. The average Bonchev–Trinajstić information content (AvgIpc) is 2.80. The van der Waals surface area contributed by atoms with Crippen molar-refractivity contribution in [1.82, 2.24) is 10.6 Å². The SMILES string of the molecule is O=C(Cc1ccc(F)c(F)c1)NC(CC1CCCCC1)C(=O)NCCNc1ccc(F)cc1. The maximum absolute atomic E-state index is 13.4. The molecule has 2 aromatic carbocycles. The molecule has 8 heteroatoms. The Morgan fingerprint density at radius 3 is 2.33 bits per heavy atom. The van der Waals surface area contributed by atoms with Gasteiger partial charge in [-0.2, -0.15) is 0 Å². The summed E-state index contributed by atoms with van der Waals surface area (Å²) in [4.78, 5) is 25.4. The van der Waals surface area contributed by atoms with Gasteiger partial charge < -0.3 is 16.0 Å². The number of carbonyl (C=O) groups excluding carboxylic acids is 2. The van der Waals surface area contributed by atoms with Crippen molar-refractivity contribution in [1.29, 1.82) is 0 Å². The molecule has 0 heterocycles. The van der Waals surface area contributed by atoms with Crippen molar-refractivity contribution >= 4 is 17.5 Å². The van der Waals surface area contributed by atoms with E-state index in [1.165, 1.54) is 24.6 Å². The van der Waals surface area contributed by atoms with Gasteiger partial charge >= 0.3 is 0 Å². The highest BCUT2D eigenvalue weighted by molar-refractivity contribution is 5.88. The van der Waals surface area contributed by atoms with Crippen molar-refractivity contribution in [3.8, 4) is 0 Å². The highest BCUT2D eigenvalue weighted by Gasteiger charge is 2.26. The number of hydrogen-bond acceptors (Lipinski definition) is 3. The van der Waals surface area contributed by atoms with Crippen molar-refractivity contribution in [2.45, 2.75) is 51.0 Å². The lowest BCUT2D eigenvalue weighted by Gasteiger charge is -2.26. The van der Waals surface area contributed by atoms with Gasteiger partial charge in [0.25, 0.3) is 0 Å². The third-order valence-corrected chi connectivity index (χ3v) is 5.89. The van der Waals surface area contributed by atoms with Crippen LogP contribution in [-0.4, -0.2) is 30.9 Å². The monoisotopic (exact) mass is 461 g/mol. The molecule has 3 N–H and O–H groups in total. The van der Waals surface area contributed by atoms with Crippen LogP contribution in [0.5, 0.6) is 0 Å². The third-order valence-electron chi connectivity index (χ3n) is 5.89. The van der Waals surface area contributed by atoms with Crippen molar-refractivity contribution < 1.29 is 22.8 Å². The lowest BCUT2D eigenvalue weighted by Crippen LogP contribution is -2.49. The molecule has 178 valence electrons. The molecule has 1 aliphatic carbocycles. The molecule has 0 aromatic heterocycles. The largest absolute Gasteiger partial charge is 0.383 e. The molecule has 2 aromatic rings. The van der Waals surface area contributed by atoms with E-state index in [1.54, 1.807) is 12.1 Å². The van der Waals surface area contributed by atoms with E-state index in [0.717, 1.165) is 43.5 Å². The second kappa shape index (κ2) is 12.3. The fourth-order valence-corrected chi connectivity index (χ4v) is 4.15. The summed E-state index contributed by atoms with van der Waals surface area (Å²) in [5.41, 5.74) is 1.08. The standard InChI is InChI=1S/C25H30F3N3O2/c26-19-7-9-20(10-8-19)29-12-13-30-25(33)23(15-17-4-2-1-3-5-17)31-24(32)16-18-6-11-21(27)22(28)14-18/h6-11,14,17,23,29H,1-5,12-13,15-16H2,(H,30,33)(H,31,32). The molecule has 2 amide bonds. The van der Waals surface area contributed by atoms with Gasteiger partial charge in [-0.1, -0.05) is 38.2 Å². The van der Waals surface area contributed by atoms with Crippen LogP contribution in [0.2, 0.25) is 0 Å². The molecule has 0 bridgehead atoms. The van der Waals surface area contributed by atoms with Crippen molar-refractivity contribution in [3.63, 3.8) is 0 Å². The fraction of sp³-hybridized carbons (Fsp3) is 0.440. The molecule has 1 fully saturated rings. The predicted molar refractivity (Wildman–Crippen MR) is 121 cm³/mol. The van der Waals surface area contributed by atoms with Crippen LogP contribution in [0, 0.1) is 23.4 Å². The first-order valence-electron chi connectivity index (χ1n) is 11.4. The number of carbonyl (C=O) groups is 2. The van der Waals surface area contributed by atoms with Gasteiger partial charge in [-0.05, 0) is 54.3 Å². The zero-order chi connectivity index (χ0) is 23.6. The quantitative estimate of drug-likeness (QED) is 0.462. The van der Waals surface area contributed by atoms with Crippen LogP contribution in [0.15, 0.2) is 42.5 Å². The van der Waals surface area contributed by atoms with Gasteiger partial charge in [0.1, 0.15) is 11.9 Å². The van der Waals surface area contributed by atoms with Crippen LogP contribution in [0.3, 0.4) is 0 Å². The lowest BCUT2D eigenvalue weighted by molar-refractivity contribution is -0.129. The molecule has 0 aliphatic heterocycles. The van der Waals surface area contributed by atoms with Crippen LogP contribution < -0.4 is 16.0 Å². The Hall–Kier alpha value is -3.03. The Kier molecular flexibility index (Phi) is 9.15. The van der Waals surface area contributed by atoms with Crippen LogP contribution in [-0.2, 0) is 16.0 Å². The Labute approximate surface area is 192 Å². The minimum absolute atomic E-state index is 0.141. The second-order valence-electron chi connectivity index (χ2n) is 8.51. The summed E-state index contributed by atoms with van der Waals surface area (Å²) in [6, 6.07) is 8.56. The van der Waals surface area contributed by atoms with E-state index in [0.29, 0.717) is 31.0 Å². The molecular formula is C25H30F3N3O2. The van der Waals surface area contributed by atoms with E-state index in [2.05, 4.69) is 16.0 Å². The highest BCUT2D eigenvalue weighted by Crippen LogP contribution is 2.27. The summed E-state index contributed by atoms with van der Waals surface area (Å²) in [6.07, 6.45) is 5.86. The Bertz CT molecular complexity index is 931. The summed E-state index contributed by atoms with van der Waals surface area (Å²) >= 11 is 0. The van der Waals surface area contributed by atoms with E-state index < -0.39 is 23.6 Å². The van der Waals surface area contributed by atoms with E-state index >= 15 is 0 Å². The summed E-state index contributed by atoms with van der Waals surface area (Å²) < 4.78 is 39.6. The predicted octanol–water partition coefficient (Wildman–Crippen LogP) is 4.33. The van der Waals surface area contributed by atoms with E-state index in [1.807, 2.05) is 0 Å². The molecular weight excluding hydrogens is 431 g/mol. The molecule has 5 nitrogen and oxygen atoms in total. The molecule has 3 rings (SSSR count). The molecule has 1 atom stereocenters. The summed E-state index contributed by atoms with van der Waals surface area (Å²) in [6.45, 7) is 0.771. The van der Waals surface area contributed by atoms with Crippen molar-refractivity contribution in [2.75, 3.05) is 18.4 Å². The first kappa shape index (κ1) is 24.6. The van der Waals surface area contributed by atoms with Crippen LogP contribution in [0.4, 0.5) is 18.9 Å². The molecule has 33 heavy (non-hydrogen) atoms. The zero-order valence-corrected chi connectivity index (χ0v) is 18.5. The lowest BCUT2D eigenvalue weighted by atomic mass is 9.84. The molecule has 0 radical (unpaired) electrons. The zero-order valence-electron chi connectivity index (χ0n) is 18.5. The summed E-state index contributed by atoms with van der Waals surface area (Å²) in [7, 11) is 0. The molecule has 0 saturated heterocycles. The average molecular weight is 462 g/mol. The maximum Gasteiger partial charge on any atom is 0.242 e. The van der Waals surface area contributed by atoms with Crippen molar-refractivity contribution in [3.05, 3.63) is 65.5 Å². The van der Waals surface area contributed by atoms with Gasteiger partial charge in [0.15, 0.2) is 11.6 Å². The second-order valence-corrected chi connectivity index (χ2v) is 8.51. The third kappa shape index (κ3) is 8.11. The van der Waals surface area contributed by atoms with E-state index in [9.17, 15) is 22.8 Å². The molecule has 1 aliphatic rings. The minimum atomic E-state index is -1.01. The maximum atomic E-state index is 13.4. The molecule has 0 spiro atoms. The Morgan fingerprint density at radius 2 is 1.64 bits per heavy atom. The van der Waals surface area contributed by atoms with E-state index in [-0.39, 0.29) is 18.1 Å². The smallest absolute Gasteiger partial charge is 0.242 e. The first-order chi connectivity index (χ1) is 15.9. The number of rotatable bonds is 10. The van der Waals surface area contributed by atoms with Crippen LogP contribution in [0.25, 0.3) is 0 Å². The number of hydrogen-bond donors (Lipinski definition) is 3. The van der Waals surface area contributed by atoms with Gasteiger partial charge in [0.05, 0.1) is 6.42 Å². The van der Waals surface area contributed by atoms with Gasteiger partial charge in [-0.3, -0.25) is 9.59 Å². The number of anilines is 1. The van der Waals surface area contributed by atoms with Crippen LogP contribution in [0.1, 0.15) is 44.1 Å². The van der Waals surface area contributed by atoms with E-state index in [4.69, 9.17) is 0 Å². The first-order valence-corrected chi connectivity index (χ1v) is 11.4. The van der Waals surface area contributed by atoms with Gasteiger partial charge in [-0.15, -0.1) is 0 Å². The normalized spacial score (nSPS) is 15.0. The number of halogens is 3. The number of benzene rings is 2. The molecule has 1 unspecified atom stereocenters. The Morgan fingerprint density at radius 1 is 0.909 bits per heavy atom. The van der Waals surface area contributed by atoms with Gasteiger partial charge in [-0.25, -0.2) is 13.2 Å². The fourth-order valence-electron chi connectivity index (χ4n) is 4.15. The van der Waals surface area contributed by atoms with Crippen molar-refractivity contribution in [2.24, 2.45) is 5.92 Å². The van der Waals surface area contributed by atoms with Gasteiger partial charge in [0, 0.05) is 18.8 Å². The number of nitrogens with one attached hydrogen (secondary N) is 3. The summed E-state index contributed by atoms with van der Waals surface area (Å²) in [5.74, 6) is -2.64. The van der Waals surface area contributed by atoms with Gasteiger partial charge in [0.2, 0.25) is 11.8 Å². The highest BCUT2D eigenvalue weighted by atomic mass is 19.2. The molecule has 1 saturated carbocycles. The topological polar surface area (TPSA) is 70.2 Å². The summed E-state index contributed by atoms with van der Waals surface area (Å²) in [5, 5.41) is 8.72. The number of amides is 2. The van der Waals surface area contributed by atoms with Crippen LogP contribution >= 0.6 is 0 Å².